The summed E-state index contributed by atoms with van der Waals surface area (Å²) in [5.41, 5.74) is -0.469. The fourth-order valence-corrected chi connectivity index (χ4v) is 6.18. The van der Waals surface area contributed by atoms with Crippen molar-refractivity contribution in [2.45, 2.75) is 63.7 Å². The largest absolute Gasteiger partial charge is 0.454 e. The highest BCUT2D eigenvalue weighted by Crippen LogP contribution is 2.62. The van der Waals surface area contributed by atoms with Crippen molar-refractivity contribution in [3.05, 3.63) is 23.8 Å². The molecule has 4 bridgehead atoms. The maximum absolute atomic E-state index is 13.0. The van der Waals surface area contributed by atoms with E-state index in [4.69, 9.17) is 14.2 Å². The quantitative estimate of drug-likeness (QED) is 0.736. The van der Waals surface area contributed by atoms with Crippen LogP contribution in [0.3, 0.4) is 0 Å². The molecule has 1 amide bonds. The van der Waals surface area contributed by atoms with E-state index in [0.717, 1.165) is 37.7 Å². The minimum atomic E-state index is -0.876. The second-order valence-electron chi connectivity index (χ2n) is 9.42. The smallest absolute Gasteiger partial charge is 0.312 e. The molecule has 4 aliphatic carbocycles. The van der Waals surface area contributed by atoms with Crippen LogP contribution in [0.25, 0.3) is 0 Å². The van der Waals surface area contributed by atoms with Gasteiger partial charge in [-0.2, -0.15) is 0 Å². The average molecular weight is 401 g/mol. The van der Waals surface area contributed by atoms with Crippen molar-refractivity contribution in [3.63, 3.8) is 0 Å². The van der Waals surface area contributed by atoms with E-state index in [0.29, 0.717) is 36.3 Å². The van der Waals surface area contributed by atoms with Crippen LogP contribution in [0.1, 0.15) is 51.0 Å². The van der Waals surface area contributed by atoms with Crippen molar-refractivity contribution in [2.75, 3.05) is 6.79 Å². The van der Waals surface area contributed by atoms with Gasteiger partial charge in [0.15, 0.2) is 17.6 Å². The van der Waals surface area contributed by atoms with Gasteiger partial charge in [-0.25, -0.2) is 0 Å². The molecule has 1 aliphatic heterocycles. The summed E-state index contributed by atoms with van der Waals surface area (Å²) in [6.45, 7) is 2.12. The van der Waals surface area contributed by atoms with Crippen LogP contribution >= 0.6 is 0 Å². The molecule has 5 atom stereocenters. The average Bonchev–Trinajstić information content (AvgIpc) is 3.11. The van der Waals surface area contributed by atoms with Crippen molar-refractivity contribution < 1.29 is 28.9 Å². The lowest BCUT2D eigenvalue weighted by Gasteiger charge is -2.58. The molecule has 2 unspecified atom stereocenters. The van der Waals surface area contributed by atoms with Crippen LogP contribution in [0.15, 0.2) is 18.2 Å². The Bertz CT molecular complexity index is 838. The van der Waals surface area contributed by atoms with Crippen LogP contribution in [0, 0.1) is 17.3 Å². The number of aliphatic hydroxyl groups is 1. The molecule has 6 rings (SSSR count). The first-order chi connectivity index (χ1) is 13.8. The minimum Gasteiger partial charge on any atom is -0.454 e. The Morgan fingerprint density at radius 2 is 1.93 bits per heavy atom. The Balaban J connectivity index is 1.18. The zero-order valence-electron chi connectivity index (χ0n) is 16.6. The molecule has 1 aromatic carbocycles. The number of amides is 1. The zero-order valence-corrected chi connectivity index (χ0v) is 16.6. The molecular formula is C22H27NO6. The van der Waals surface area contributed by atoms with Crippen molar-refractivity contribution in [2.24, 2.45) is 17.3 Å². The molecule has 29 heavy (non-hydrogen) atoms. The normalized spacial score (nSPS) is 34.7. The Kier molecular flexibility index (Phi) is 4.28. The molecule has 5 aliphatic rings. The molecule has 0 spiro atoms. The number of nitrogens with one attached hydrogen (secondary N) is 1. The predicted molar refractivity (Wildman–Crippen MR) is 102 cm³/mol. The number of carbonyl (C=O) groups is 2. The Morgan fingerprint density at radius 1 is 1.21 bits per heavy atom. The maximum Gasteiger partial charge on any atom is 0.312 e. The Labute approximate surface area is 169 Å². The van der Waals surface area contributed by atoms with E-state index in [9.17, 15) is 14.7 Å². The Morgan fingerprint density at radius 3 is 2.66 bits per heavy atom. The van der Waals surface area contributed by atoms with Crippen molar-refractivity contribution in [3.8, 4) is 11.5 Å². The summed E-state index contributed by atoms with van der Waals surface area (Å²) in [7, 11) is 0. The van der Waals surface area contributed by atoms with Crippen LogP contribution in [-0.4, -0.2) is 35.5 Å². The molecule has 1 heterocycles. The first-order valence-electron chi connectivity index (χ1n) is 10.4. The third kappa shape index (κ3) is 3.35. The monoisotopic (exact) mass is 401 g/mol. The molecular weight excluding hydrogens is 374 g/mol. The van der Waals surface area contributed by atoms with E-state index in [1.54, 1.807) is 6.92 Å². The maximum atomic E-state index is 13.0. The number of hydrogen-bond acceptors (Lipinski definition) is 6. The number of fused-ring (bicyclic) bond motifs is 1. The number of esters is 1. The van der Waals surface area contributed by atoms with E-state index in [1.807, 2.05) is 18.2 Å². The van der Waals surface area contributed by atoms with Crippen molar-refractivity contribution >= 4 is 11.9 Å². The van der Waals surface area contributed by atoms with Crippen LogP contribution in [0.5, 0.6) is 11.5 Å². The third-order valence-corrected chi connectivity index (χ3v) is 7.02. The van der Waals surface area contributed by atoms with Gasteiger partial charge in [-0.3, -0.25) is 9.59 Å². The van der Waals surface area contributed by atoms with Gasteiger partial charge in [-0.1, -0.05) is 6.07 Å². The number of rotatable bonds is 5. The van der Waals surface area contributed by atoms with Crippen molar-refractivity contribution in [1.82, 2.24) is 5.32 Å². The lowest BCUT2D eigenvalue weighted by Crippen LogP contribution is -2.59. The molecule has 7 nitrogen and oxygen atoms in total. The Hall–Kier alpha value is -2.28. The first-order valence-corrected chi connectivity index (χ1v) is 10.4. The highest BCUT2D eigenvalue weighted by atomic mass is 16.7. The van der Waals surface area contributed by atoms with Crippen LogP contribution in [0.2, 0.25) is 0 Å². The molecule has 4 fully saturated rings. The SMILES string of the molecule is C[C@H](OC(=O)C12C[C@@H]3C[C@@H](CC(O)(C3)C1)C2)C(=O)NCc1ccc2c(c1)OCO2. The van der Waals surface area contributed by atoms with E-state index < -0.39 is 17.1 Å². The first kappa shape index (κ1) is 18.7. The summed E-state index contributed by atoms with van der Waals surface area (Å²) in [5.74, 6) is 1.48. The summed E-state index contributed by atoms with van der Waals surface area (Å²) in [6, 6.07) is 5.50. The van der Waals surface area contributed by atoms with Gasteiger partial charge < -0.3 is 24.6 Å². The van der Waals surface area contributed by atoms with Gasteiger partial charge in [-0.05, 0) is 75.0 Å². The van der Waals surface area contributed by atoms with Gasteiger partial charge in [0, 0.05) is 6.54 Å². The standard InChI is InChI=1S/C22H27NO6/c1-13(19(24)23-10-14-2-3-17-18(5-14)28-12-27-17)29-20(25)21-6-15-4-16(7-21)9-22(26,8-15)11-21/h2-3,5,13,15-16,26H,4,6-12H2,1H3,(H,23,24)/t13-,15-,16+,21?,22?/m0/s1. The molecule has 2 N–H and O–H groups in total. The third-order valence-electron chi connectivity index (χ3n) is 7.02. The van der Waals surface area contributed by atoms with E-state index >= 15 is 0 Å². The molecule has 0 aromatic heterocycles. The molecule has 4 saturated carbocycles. The molecule has 1 aromatic rings. The number of benzene rings is 1. The van der Waals surface area contributed by atoms with Crippen LogP contribution in [-0.2, 0) is 20.9 Å². The lowest BCUT2D eigenvalue weighted by atomic mass is 9.48. The van der Waals surface area contributed by atoms with Gasteiger partial charge >= 0.3 is 5.97 Å². The van der Waals surface area contributed by atoms with E-state index in [-0.39, 0.29) is 18.7 Å². The summed E-state index contributed by atoms with van der Waals surface area (Å²) in [5, 5.41) is 13.6. The number of carbonyl (C=O) groups excluding carboxylic acids is 2. The topological polar surface area (TPSA) is 94.1 Å². The van der Waals surface area contributed by atoms with Gasteiger partial charge in [-0.15, -0.1) is 0 Å². The minimum absolute atomic E-state index is 0.205. The van der Waals surface area contributed by atoms with Crippen LogP contribution in [0.4, 0.5) is 0 Å². The fourth-order valence-electron chi connectivity index (χ4n) is 6.18. The lowest BCUT2D eigenvalue weighted by molar-refractivity contribution is -0.200. The fraction of sp³-hybridized carbons (Fsp3) is 0.636. The van der Waals surface area contributed by atoms with Gasteiger partial charge in [0.25, 0.3) is 5.91 Å². The number of hydrogen-bond donors (Lipinski definition) is 2. The highest BCUT2D eigenvalue weighted by molar-refractivity contribution is 5.85. The molecule has 7 heteroatoms. The highest BCUT2D eigenvalue weighted by Gasteiger charge is 2.61. The van der Waals surface area contributed by atoms with Crippen molar-refractivity contribution in [1.29, 1.82) is 0 Å². The number of ether oxygens (including phenoxy) is 3. The summed E-state index contributed by atoms with van der Waals surface area (Å²) < 4.78 is 16.2. The zero-order chi connectivity index (χ0) is 20.2. The van der Waals surface area contributed by atoms with Gasteiger partial charge in [0.05, 0.1) is 11.0 Å². The molecule has 156 valence electrons. The van der Waals surface area contributed by atoms with E-state index in [1.165, 1.54) is 0 Å². The van der Waals surface area contributed by atoms with Gasteiger partial charge in [0.2, 0.25) is 6.79 Å². The second kappa shape index (κ2) is 6.62. The van der Waals surface area contributed by atoms with E-state index in [2.05, 4.69) is 5.32 Å². The van der Waals surface area contributed by atoms with Crippen LogP contribution < -0.4 is 14.8 Å². The summed E-state index contributed by atoms with van der Waals surface area (Å²) in [6.07, 6.45) is 3.83. The molecule has 0 radical (unpaired) electrons. The summed E-state index contributed by atoms with van der Waals surface area (Å²) >= 11 is 0. The molecule has 0 saturated heterocycles. The summed E-state index contributed by atoms with van der Waals surface area (Å²) in [4.78, 5) is 25.5. The predicted octanol–water partition coefficient (Wildman–Crippen LogP) is 2.29. The second-order valence-corrected chi connectivity index (χ2v) is 9.42. The van der Waals surface area contributed by atoms with Gasteiger partial charge in [0.1, 0.15) is 0 Å².